The molecule has 43 heavy (non-hydrogen) atoms. The molecule has 1 unspecified atom stereocenters. The first-order valence-electron chi connectivity index (χ1n) is 15.1. The van der Waals surface area contributed by atoms with Crippen LogP contribution in [0.2, 0.25) is 0 Å². The third-order valence-corrected chi connectivity index (χ3v) is 9.24. The molecule has 9 heteroatoms. The Morgan fingerprint density at radius 2 is 1.81 bits per heavy atom. The largest absolute Gasteiger partial charge is 0.481 e. The minimum Gasteiger partial charge on any atom is -0.481 e. The molecule has 3 aromatic carbocycles. The van der Waals surface area contributed by atoms with E-state index >= 15 is 0 Å². The van der Waals surface area contributed by atoms with Crippen molar-refractivity contribution >= 4 is 22.9 Å². The summed E-state index contributed by atoms with van der Waals surface area (Å²) < 4.78 is 29.0. The van der Waals surface area contributed by atoms with Crippen LogP contribution < -0.4 is 0 Å². The van der Waals surface area contributed by atoms with Gasteiger partial charge < -0.3 is 10.0 Å². The Balaban J connectivity index is 1.46. The Morgan fingerprint density at radius 1 is 1.00 bits per heavy atom. The van der Waals surface area contributed by atoms with Crippen molar-refractivity contribution < 1.29 is 23.5 Å². The molecule has 1 amide bonds. The highest BCUT2D eigenvalue weighted by atomic mass is 19.3. The van der Waals surface area contributed by atoms with Crippen molar-refractivity contribution in [2.24, 2.45) is 5.92 Å². The standard InChI is InChI=1S/C34H36F2N4O3/c1-20-28-11-12-29-32(20)37-38-40(29)14-5-3-4-6-22-8-10-25(17-26(22)18-30(35)36)33(41)39-15-13-23-7-9-24(16-27(23)19-39)31(28)21(2)34(42)43/h7-12,16-17,21,30-31H,3-6,13-15,18-19H2,1-2H3,(H,42,43)/t21?,31-/m0/s1. The number of aliphatic carboxylic acids is 1. The van der Waals surface area contributed by atoms with Gasteiger partial charge in [0.15, 0.2) is 0 Å². The summed E-state index contributed by atoms with van der Waals surface area (Å²) >= 11 is 0. The van der Waals surface area contributed by atoms with Crippen molar-refractivity contribution in [2.75, 3.05) is 6.54 Å². The van der Waals surface area contributed by atoms with Gasteiger partial charge in [0.25, 0.3) is 5.91 Å². The van der Waals surface area contributed by atoms with Crippen LogP contribution in [0.1, 0.15) is 81.4 Å². The number of benzene rings is 3. The van der Waals surface area contributed by atoms with Crippen molar-refractivity contribution in [3.8, 4) is 0 Å². The summed E-state index contributed by atoms with van der Waals surface area (Å²) in [5.41, 5.74) is 8.26. The van der Waals surface area contributed by atoms with Gasteiger partial charge in [-0.1, -0.05) is 48.9 Å². The van der Waals surface area contributed by atoms with Crippen molar-refractivity contribution in [1.82, 2.24) is 19.9 Å². The van der Waals surface area contributed by atoms with E-state index in [9.17, 15) is 23.5 Å². The summed E-state index contributed by atoms with van der Waals surface area (Å²) in [7, 11) is 0. The molecule has 0 spiro atoms. The zero-order valence-corrected chi connectivity index (χ0v) is 24.5. The number of nitrogens with zero attached hydrogens (tertiary/aromatic N) is 4. The highest BCUT2D eigenvalue weighted by Crippen LogP contribution is 2.38. The normalized spacial score (nSPS) is 18.1. The van der Waals surface area contributed by atoms with Gasteiger partial charge in [-0.3, -0.25) is 9.59 Å². The number of rotatable bonds is 4. The first-order valence-corrected chi connectivity index (χ1v) is 15.1. The molecule has 1 N–H and O–H groups in total. The third kappa shape index (κ3) is 5.65. The molecule has 0 radical (unpaired) electrons. The molecular formula is C34H36F2N4O3. The number of carboxylic acids is 1. The van der Waals surface area contributed by atoms with Gasteiger partial charge in [0.1, 0.15) is 5.52 Å². The van der Waals surface area contributed by atoms with E-state index in [0.717, 1.165) is 63.7 Å². The lowest BCUT2D eigenvalue weighted by Gasteiger charge is -2.31. The molecule has 9 bridgehead atoms. The Labute approximate surface area is 249 Å². The van der Waals surface area contributed by atoms with Crippen LogP contribution in [-0.2, 0) is 37.1 Å². The summed E-state index contributed by atoms with van der Waals surface area (Å²) in [4.78, 5) is 27.8. The van der Waals surface area contributed by atoms with Crippen LogP contribution in [-0.4, -0.2) is 49.8 Å². The maximum atomic E-state index is 13.7. The highest BCUT2D eigenvalue weighted by molar-refractivity contribution is 5.94. The van der Waals surface area contributed by atoms with Crippen molar-refractivity contribution in [3.05, 3.63) is 93.0 Å². The highest BCUT2D eigenvalue weighted by Gasteiger charge is 2.31. The molecule has 6 heterocycles. The number of hydrogen-bond donors (Lipinski definition) is 1. The predicted octanol–water partition coefficient (Wildman–Crippen LogP) is 6.32. The van der Waals surface area contributed by atoms with Crippen LogP contribution in [0, 0.1) is 12.8 Å². The zero-order valence-electron chi connectivity index (χ0n) is 24.5. The van der Waals surface area contributed by atoms with Crippen LogP contribution >= 0.6 is 0 Å². The molecular weight excluding hydrogens is 550 g/mol. The Bertz CT molecular complexity index is 1700. The molecule has 0 aliphatic carbocycles. The number of amides is 1. The van der Waals surface area contributed by atoms with Crippen LogP contribution in [0.4, 0.5) is 8.78 Å². The summed E-state index contributed by atoms with van der Waals surface area (Å²) in [5.74, 6) is -2.21. The molecule has 5 aliphatic rings. The Hall–Kier alpha value is -4.14. The van der Waals surface area contributed by atoms with E-state index in [-0.39, 0.29) is 12.3 Å². The van der Waals surface area contributed by atoms with Gasteiger partial charge in [0.05, 0.1) is 11.4 Å². The maximum Gasteiger partial charge on any atom is 0.307 e. The van der Waals surface area contributed by atoms with Gasteiger partial charge >= 0.3 is 5.97 Å². The van der Waals surface area contributed by atoms with Crippen molar-refractivity contribution in [3.63, 3.8) is 0 Å². The number of aryl methyl sites for hydroxylation is 3. The van der Waals surface area contributed by atoms with E-state index in [1.165, 1.54) is 0 Å². The predicted molar refractivity (Wildman–Crippen MR) is 159 cm³/mol. The SMILES string of the molecule is Cc1c2ccc3c1nnn3CCCCCc1ccc(cc1CC(F)F)C(=O)N1CCc3ccc(cc3C1)[C@@H]2C(C)C(=O)O. The first-order chi connectivity index (χ1) is 20.7. The van der Waals surface area contributed by atoms with Gasteiger partial charge in [0, 0.05) is 37.5 Å². The summed E-state index contributed by atoms with van der Waals surface area (Å²) in [6.45, 7) is 5.27. The lowest BCUT2D eigenvalue weighted by atomic mass is 9.78. The quantitative estimate of drug-likeness (QED) is 0.302. The van der Waals surface area contributed by atoms with Gasteiger partial charge in [-0.25, -0.2) is 13.5 Å². The number of aromatic nitrogens is 3. The number of hydrogen-bond acceptors (Lipinski definition) is 4. The fourth-order valence-corrected chi connectivity index (χ4v) is 6.80. The first kappa shape index (κ1) is 29.0. The van der Waals surface area contributed by atoms with E-state index in [2.05, 4.69) is 10.3 Å². The molecule has 5 aliphatic heterocycles. The molecule has 9 rings (SSSR count). The summed E-state index contributed by atoms with van der Waals surface area (Å²) in [6.07, 6.45) is 1.03. The maximum absolute atomic E-state index is 13.7. The fraction of sp³-hybridized carbons (Fsp3) is 0.412. The molecule has 0 saturated heterocycles. The lowest BCUT2D eigenvalue weighted by molar-refractivity contribution is -0.141. The number of carbonyl (C=O) groups is 2. The molecule has 2 atom stereocenters. The average molecular weight is 587 g/mol. The molecule has 1 aromatic heterocycles. The van der Waals surface area contributed by atoms with E-state index in [4.69, 9.17) is 0 Å². The van der Waals surface area contributed by atoms with E-state index in [1.54, 1.807) is 24.0 Å². The van der Waals surface area contributed by atoms with Crippen molar-refractivity contribution in [2.45, 2.75) is 77.8 Å². The van der Waals surface area contributed by atoms with Crippen LogP contribution in [0.25, 0.3) is 11.0 Å². The number of halogens is 2. The molecule has 7 nitrogen and oxygen atoms in total. The van der Waals surface area contributed by atoms with Crippen LogP contribution in [0.15, 0.2) is 48.5 Å². The smallest absolute Gasteiger partial charge is 0.307 e. The van der Waals surface area contributed by atoms with Gasteiger partial charge in [-0.2, -0.15) is 0 Å². The summed E-state index contributed by atoms with van der Waals surface area (Å²) in [6, 6.07) is 15.3. The molecule has 224 valence electrons. The van der Waals surface area contributed by atoms with Crippen LogP contribution in [0.5, 0.6) is 0 Å². The average Bonchev–Trinajstić information content (AvgIpc) is 3.41. The summed E-state index contributed by atoms with van der Waals surface area (Å²) in [5, 5.41) is 19.0. The lowest BCUT2D eigenvalue weighted by Crippen LogP contribution is -2.36. The van der Waals surface area contributed by atoms with Crippen molar-refractivity contribution in [1.29, 1.82) is 0 Å². The van der Waals surface area contributed by atoms with E-state index in [1.807, 2.05) is 48.0 Å². The third-order valence-electron chi connectivity index (χ3n) is 9.24. The molecule has 0 saturated carbocycles. The number of carbonyl (C=O) groups excluding carboxylic acids is 1. The Morgan fingerprint density at radius 3 is 2.60 bits per heavy atom. The number of alkyl halides is 2. The number of carboxylic acid groups (broad SMARTS) is 1. The van der Waals surface area contributed by atoms with Gasteiger partial charge in [-0.05, 0) is 89.8 Å². The second kappa shape index (κ2) is 11.9. The van der Waals surface area contributed by atoms with Gasteiger partial charge in [0.2, 0.25) is 6.43 Å². The zero-order chi connectivity index (χ0) is 30.2. The van der Waals surface area contributed by atoms with Crippen LogP contribution in [0.3, 0.4) is 0 Å². The fourth-order valence-electron chi connectivity index (χ4n) is 6.80. The Kier molecular flexibility index (Phi) is 7.99. The topological polar surface area (TPSA) is 88.3 Å². The van der Waals surface area contributed by atoms with Gasteiger partial charge in [-0.15, -0.1) is 5.10 Å². The minimum absolute atomic E-state index is 0.178. The second-order valence-electron chi connectivity index (χ2n) is 12.0. The monoisotopic (exact) mass is 586 g/mol. The van der Waals surface area contributed by atoms with E-state index in [0.29, 0.717) is 43.6 Å². The minimum atomic E-state index is -2.50. The molecule has 4 aromatic rings. The van der Waals surface area contributed by atoms with E-state index < -0.39 is 24.2 Å². The second-order valence-corrected chi connectivity index (χ2v) is 12.0. The molecule has 0 fully saturated rings.